The number of carbonyl (C=O) groups is 1. The van der Waals surface area contributed by atoms with Gasteiger partial charge in [0.25, 0.3) is 11.6 Å². The molecule has 31 heavy (non-hydrogen) atoms. The van der Waals surface area contributed by atoms with Crippen molar-refractivity contribution in [3.05, 3.63) is 104 Å². The van der Waals surface area contributed by atoms with Crippen molar-refractivity contribution in [1.29, 1.82) is 0 Å². The number of hydrogen-bond acceptors (Lipinski definition) is 5. The lowest BCUT2D eigenvalue weighted by Gasteiger charge is -2.21. The normalized spacial score (nSPS) is 11.7. The molecular formula is C22H19Cl2N3O3S. The van der Waals surface area contributed by atoms with Crippen LogP contribution in [0.15, 0.2) is 66.7 Å². The number of nitrogens with two attached hydrogens (primary N) is 1. The van der Waals surface area contributed by atoms with Crippen LogP contribution in [0.5, 0.6) is 0 Å². The molecule has 0 aliphatic carbocycles. The fraction of sp³-hybridized carbons (Fsp3) is 0.136. The van der Waals surface area contributed by atoms with Gasteiger partial charge in [0.05, 0.1) is 10.2 Å². The molecule has 160 valence electrons. The molecule has 0 spiro atoms. The van der Waals surface area contributed by atoms with Gasteiger partial charge in [-0.1, -0.05) is 41.4 Å². The Labute approximate surface area is 193 Å². The maximum atomic E-state index is 12.3. The number of benzene rings is 3. The molecule has 3 aromatic rings. The number of non-ortho nitro benzene ring substituents is 1. The molecule has 3 aromatic carbocycles. The van der Waals surface area contributed by atoms with Crippen LogP contribution in [0.3, 0.4) is 0 Å². The number of carbonyl (C=O) groups excluding carboxylic acids is 1. The van der Waals surface area contributed by atoms with E-state index in [9.17, 15) is 14.9 Å². The van der Waals surface area contributed by atoms with E-state index >= 15 is 0 Å². The Hall–Kier alpha value is -2.74. The summed E-state index contributed by atoms with van der Waals surface area (Å²) < 4.78 is 0. The van der Waals surface area contributed by atoms with E-state index in [0.29, 0.717) is 33.6 Å². The predicted molar refractivity (Wildman–Crippen MR) is 127 cm³/mol. The van der Waals surface area contributed by atoms with E-state index in [1.165, 1.54) is 24.3 Å². The number of thioether (sulfide) groups is 1. The lowest BCUT2D eigenvalue weighted by atomic mass is 10.0. The maximum Gasteiger partial charge on any atom is 0.269 e. The quantitative estimate of drug-likeness (QED) is 0.187. The van der Waals surface area contributed by atoms with Crippen LogP contribution < -0.4 is 11.1 Å². The predicted octanol–water partition coefficient (Wildman–Crippen LogP) is 5.74. The largest absolute Gasteiger partial charge is 0.398 e. The molecule has 9 heteroatoms. The molecule has 0 saturated heterocycles. The van der Waals surface area contributed by atoms with Crippen molar-refractivity contribution in [3.8, 4) is 0 Å². The van der Waals surface area contributed by atoms with Crippen molar-refractivity contribution >= 4 is 52.2 Å². The zero-order valence-electron chi connectivity index (χ0n) is 16.3. The van der Waals surface area contributed by atoms with Gasteiger partial charge in [-0.15, -0.1) is 11.8 Å². The minimum absolute atomic E-state index is 0.0613. The number of rotatable bonds is 8. The van der Waals surface area contributed by atoms with Crippen LogP contribution in [-0.2, 0) is 0 Å². The van der Waals surface area contributed by atoms with Crippen LogP contribution >= 0.6 is 35.0 Å². The first-order valence-electron chi connectivity index (χ1n) is 9.30. The number of nitro groups is 1. The van der Waals surface area contributed by atoms with E-state index in [1.54, 1.807) is 23.9 Å². The van der Waals surface area contributed by atoms with Crippen molar-refractivity contribution in [2.24, 2.45) is 0 Å². The molecule has 1 unspecified atom stereocenters. The topological polar surface area (TPSA) is 98.3 Å². The Kier molecular flexibility index (Phi) is 7.79. The van der Waals surface area contributed by atoms with Crippen molar-refractivity contribution in [1.82, 2.24) is 5.32 Å². The molecule has 1 amide bonds. The van der Waals surface area contributed by atoms with E-state index < -0.39 is 4.92 Å². The van der Waals surface area contributed by atoms with Gasteiger partial charge in [0.2, 0.25) is 0 Å². The standard InChI is InChI=1S/C22H19Cl2N3O3S/c23-15-7-10-20(25)18(13-15)21(17-3-1-2-4-19(17)24)31-12-11-26-22(28)14-5-8-16(9-6-14)27(29)30/h1-10,13,21H,11-12,25H2,(H,26,28). The van der Waals surface area contributed by atoms with E-state index in [4.69, 9.17) is 28.9 Å². The number of amides is 1. The van der Waals surface area contributed by atoms with Crippen molar-refractivity contribution < 1.29 is 9.72 Å². The zero-order valence-corrected chi connectivity index (χ0v) is 18.6. The van der Waals surface area contributed by atoms with Gasteiger partial charge in [0, 0.05) is 45.7 Å². The SMILES string of the molecule is Nc1ccc(Cl)cc1C(SCCNC(=O)c1ccc([N+](=O)[O-])cc1)c1ccccc1Cl. The summed E-state index contributed by atoms with van der Waals surface area (Å²) in [4.78, 5) is 22.5. The molecule has 0 aliphatic heterocycles. The summed E-state index contributed by atoms with van der Waals surface area (Å²) in [5.74, 6) is 0.285. The van der Waals surface area contributed by atoms with Gasteiger partial charge >= 0.3 is 0 Å². The Balaban J connectivity index is 1.68. The Morgan fingerprint density at radius 1 is 1.06 bits per heavy atom. The van der Waals surface area contributed by atoms with Gasteiger partial charge in [-0.25, -0.2) is 0 Å². The monoisotopic (exact) mass is 475 g/mol. The Bertz CT molecular complexity index is 1090. The third kappa shape index (κ3) is 5.91. The Morgan fingerprint density at radius 2 is 1.77 bits per heavy atom. The van der Waals surface area contributed by atoms with Gasteiger partial charge in [-0.3, -0.25) is 14.9 Å². The van der Waals surface area contributed by atoms with Gasteiger partial charge in [0.1, 0.15) is 0 Å². The van der Waals surface area contributed by atoms with E-state index in [1.807, 2.05) is 30.3 Å². The number of nitrogens with one attached hydrogen (secondary N) is 1. The second-order valence-corrected chi connectivity index (χ2v) is 8.66. The molecule has 6 nitrogen and oxygen atoms in total. The molecule has 0 aliphatic rings. The maximum absolute atomic E-state index is 12.3. The van der Waals surface area contributed by atoms with Crippen LogP contribution in [0, 0.1) is 10.1 Å². The molecule has 1 atom stereocenters. The molecule has 0 radical (unpaired) electrons. The molecule has 0 bridgehead atoms. The van der Waals surface area contributed by atoms with Gasteiger partial charge in [0.15, 0.2) is 0 Å². The molecule has 0 saturated carbocycles. The van der Waals surface area contributed by atoms with Crippen LogP contribution in [0.25, 0.3) is 0 Å². The average molecular weight is 476 g/mol. The second kappa shape index (κ2) is 10.5. The van der Waals surface area contributed by atoms with Crippen LogP contribution in [-0.4, -0.2) is 23.1 Å². The number of nitrogens with zero attached hydrogens (tertiary/aromatic N) is 1. The van der Waals surface area contributed by atoms with E-state index in [0.717, 1.165) is 11.1 Å². The molecule has 0 aromatic heterocycles. The summed E-state index contributed by atoms with van der Waals surface area (Å²) in [6.45, 7) is 0.391. The van der Waals surface area contributed by atoms with Crippen LogP contribution in [0.1, 0.15) is 26.7 Å². The number of nitro benzene ring substituents is 1. The highest BCUT2D eigenvalue weighted by Gasteiger charge is 2.20. The fourth-order valence-corrected chi connectivity index (χ4v) is 4.70. The first-order chi connectivity index (χ1) is 14.9. The zero-order chi connectivity index (χ0) is 22.4. The van der Waals surface area contributed by atoms with E-state index in [-0.39, 0.29) is 16.8 Å². The molecule has 3 rings (SSSR count). The highest BCUT2D eigenvalue weighted by atomic mass is 35.5. The summed E-state index contributed by atoms with van der Waals surface area (Å²) in [5, 5.41) is 14.6. The van der Waals surface area contributed by atoms with Gasteiger partial charge in [-0.05, 0) is 47.5 Å². The highest BCUT2D eigenvalue weighted by Crippen LogP contribution is 2.42. The van der Waals surface area contributed by atoms with Crippen LogP contribution in [0.4, 0.5) is 11.4 Å². The lowest BCUT2D eigenvalue weighted by molar-refractivity contribution is -0.384. The van der Waals surface area contributed by atoms with Gasteiger partial charge < -0.3 is 11.1 Å². The minimum atomic E-state index is -0.505. The summed E-state index contributed by atoms with van der Waals surface area (Å²) in [6.07, 6.45) is 0. The lowest BCUT2D eigenvalue weighted by Crippen LogP contribution is -2.26. The molecule has 0 fully saturated rings. The molecule has 0 heterocycles. The number of nitrogen functional groups attached to an aromatic ring is 1. The van der Waals surface area contributed by atoms with Crippen molar-refractivity contribution in [3.63, 3.8) is 0 Å². The summed E-state index contributed by atoms with van der Waals surface area (Å²) in [7, 11) is 0. The summed E-state index contributed by atoms with van der Waals surface area (Å²) >= 11 is 14.2. The van der Waals surface area contributed by atoms with E-state index in [2.05, 4.69) is 5.32 Å². The van der Waals surface area contributed by atoms with Crippen LogP contribution in [0.2, 0.25) is 10.0 Å². The van der Waals surface area contributed by atoms with Crippen molar-refractivity contribution in [2.45, 2.75) is 5.25 Å². The second-order valence-electron chi connectivity index (χ2n) is 6.61. The molecular weight excluding hydrogens is 457 g/mol. The third-order valence-corrected chi connectivity index (χ3v) is 6.39. The van der Waals surface area contributed by atoms with Crippen molar-refractivity contribution in [2.75, 3.05) is 18.0 Å². The first-order valence-corrected chi connectivity index (χ1v) is 11.1. The number of hydrogen-bond donors (Lipinski definition) is 2. The molecule has 3 N–H and O–H groups in total. The summed E-state index contributed by atoms with van der Waals surface area (Å²) in [5.41, 5.74) is 8.87. The average Bonchev–Trinajstić information content (AvgIpc) is 2.76. The smallest absolute Gasteiger partial charge is 0.269 e. The number of anilines is 1. The van der Waals surface area contributed by atoms with Gasteiger partial charge in [-0.2, -0.15) is 0 Å². The fourth-order valence-electron chi connectivity index (χ4n) is 2.99. The Morgan fingerprint density at radius 3 is 2.45 bits per heavy atom. The third-order valence-electron chi connectivity index (χ3n) is 4.53. The highest BCUT2D eigenvalue weighted by molar-refractivity contribution is 7.99. The summed E-state index contributed by atoms with van der Waals surface area (Å²) in [6, 6.07) is 18.3. The minimum Gasteiger partial charge on any atom is -0.398 e. The first kappa shape index (κ1) is 22.9. The number of halogens is 2.